The number of hydrogen-bond donors (Lipinski definition) is 4. The van der Waals surface area contributed by atoms with Crippen molar-refractivity contribution >= 4 is 39.6 Å². The Hall–Kier alpha value is -1.26. The van der Waals surface area contributed by atoms with Crippen molar-refractivity contribution in [1.29, 1.82) is 0 Å². The van der Waals surface area contributed by atoms with Gasteiger partial charge in [-0.2, -0.15) is 5.01 Å². The molecule has 1 atom stereocenters. The van der Waals surface area contributed by atoms with Crippen molar-refractivity contribution in [2.24, 2.45) is 5.92 Å². The zero-order valence-corrected chi connectivity index (χ0v) is 21.4. The Morgan fingerprint density at radius 1 is 1.22 bits per heavy atom. The minimum atomic E-state index is -0.273. The van der Waals surface area contributed by atoms with E-state index in [1.165, 1.54) is 44.9 Å². The van der Waals surface area contributed by atoms with Gasteiger partial charge in [-0.05, 0) is 63.2 Å². The first-order valence-electron chi connectivity index (χ1n) is 12.2. The van der Waals surface area contributed by atoms with Gasteiger partial charge in [-0.25, -0.2) is 15.6 Å². The van der Waals surface area contributed by atoms with Crippen LogP contribution in [0.15, 0.2) is 0 Å². The van der Waals surface area contributed by atoms with E-state index in [0.717, 1.165) is 34.7 Å². The second-order valence-corrected chi connectivity index (χ2v) is 10.4. The van der Waals surface area contributed by atoms with Gasteiger partial charge in [-0.15, -0.1) is 11.3 Å². The molecule has 0 radical (unpaired) electrons. The second kappa shape index (κ2) is 12.8. The minimum Gasteiger partial charge on any atom is -0.462 e. The van der Waals surface area contributed by atoms with Crippen LogP contribution in [0.2, 0.25) is 0 Å². The molecule has 180 valence electrons. The van der Waals surface area contributed by atoms with E-state index in [4.69, 9.17) is 17.0 Å². The third-order valence-electron chi connectivity index (χ3n) is 6.37. The van der Waals surface area contributed by atoms with E-state index >= 15 is 0 Å². The van der Waals surface area contributed by atoms with Crippen LogP contribution in [-0.2, 0) is 11.2 Å². The van der Waals surface area contributed by atoms with Crippen molar-refractivity contribution in [2.45, 2.75) is 91.1 Å². The van der Waals surface area contributed by atoms with Gasteiger partial charge in [0.2, 0.25) is 0 Å². The molecule has 1 saturated carbocycles. The van der Waals surface area contributed by atoms with E-state index in [0.29, 0.717) is 29.9 Å². The van der Waals surface area contributed by atoms with Gasteiger partial charge in [0.1, 0.15) is 5.00 Å². The molecule has 0 aromatic carbocycles. The molecule has 4 N–H and O–H groups in total. The number of carbonyl (C=O) groups excluding carboxylic acids is 1. The molecule has 0 amide bonds. The summed E-state index contributed by atoms with van der Waals surface area (Å²) in [6.07, 6.45) is 12.3. The SMILES string of the molecule is CCCCc1c(C)sc(NC(=S)NN2CNNC2C2CCCCCCC2)c1C(=O)OCC. The topological polar surface area (TPSA) is 77.7 Å². The van der Waals surface area contributed by atoms with Crippen LogP contribution in [0.3, 0.4) is 0 Å². The molecule has 9 heteroatoms. The summed E-state index contributed by atoms with van der Waals surface area (Å²) in [4.78, 5) is 13.9. The van der Waals surface area contributed by atoms with Crippen molar-refractivity contribution in [1.82, 2.24) is 21.3 Å². The molecule has 2 heterocycles. The number of hydrazine groups is 2. The zero-order valence-electron chi connectivity index (χ0n) is 19.7. The fourth-order valence-electron chi connectivity index (χ4n) is 4.70. The fourth-order valence-corrected chi connectivity index (χ4v) is 6.08. The Morgan fingerprint density at radius 3 is 2.62 bits per heavy atom. The van der Waals surface area contributed by atoms with Crippen LogP contribution in [0.25, 0.3) is 0 Å². The van der Waals surface area contributed by atoms with E-state index in [1.807, 2.05) is 6.92 Å². The lowest BCUT2D eigenvalue weighted by Crippen LogP contribution is -2.52. The lowest BCUT2D eigenvalue weighted by Gasteiger charge is -2.32. The van der Waals surface area contributed by atoms with E-state index in [2.05, 4.69) is 40.5 Å². The maximum Gasteiger partial charge on any atom is 0.341 e. The standard InChI is InChI=1S/C23H39N5O2S2/c1-4-6-14-18-16(3)32-21(19(18)22(29)30-5-2)25-23(31)27-28-15-24-26-20(28)17-12-10-8-7-9-11-13-17/h17,20,24,26H,4-15H2,1-3H3,(H2,25,27,31). The minimum absolute atomic E-state index is 0.197. The summed E-state index contributed by atoms with van der Waals surface area (Å²) in [7, 11) is 0. The molecule has 1 aromatic rings. The van der Waals surface area contributed by atoms with Gasteiger partial charge in [0.25, 0.3) is 0 Å². The highest BCUT2D eigenvalue weighted by Crippen LogP contribution is 2.35. The first kappa shape index (κ1) is 25.4. The number of rotatable bonds is 8. The van der Waals surface area contributed by atoms with Crippen LogP contribution >= 0.6 is 23.6 Å². The summed E-state index contributed by atoms with van der Waals surface area (Å²) < 4.78 is 5.37. The van der Waals surface area contributed by atoms with Gasteiger partial charge in [0.05, 0.1) is 25.0 Å². The summed E-state index contributed by atoms with van der Waals surface area (Å²) in [5.74, 6) is 0.311. The first-order chi connectivity index (χ1) is 15.5. The summed E-state index contributed by atoms with van der Waals surface area (Å²) in [6.45, 7) is 7.09. The summed E-state index contributed by atoms with van der Waals surface area (Å²) in [5.41, 5.74) is 11.8. The van der Waals surface area contributed by atoms with Crippen LogP contribution in [0.1, 0.15) is 92.4 Å². The summed E-state index contributed by atoms with van der Waals surface area (Å²) in [5, 5.41) is 6.71. The van der Waals surface area contributed by atoms with Gasteiger partial charge in [-0.3, -0.25) is 5.43 Å². The number of anilines is 1. The molecule has 1 aromatic heterocycles. The highest BCUT2D eigenvalue weighted by atomic mass is 32.1. The predicted molar refractivity (Wildman–Crippen MR) is 136 cm³/mol. The smallest absolute Gasteiger partial charge is 0.341 e. The molecule has 0 bridgehead atoms. The number of nitrogens with zero attached hydrogens (tertiary/aromatic N) is 1. The Kier molecular flexibility index (Phi) is 10.2. The van der Waals surface area contributed by atoms with Crippen molar-refractivity contribution in [3.8, 4) is 0 Å². The predicted octanol–water partition coefficient (Wildman–Crippen LogP) is 4.83. The lowest BCUT2D eigenvalue weighted by atomic mass is 9.89. The van der Waals surface area contributed by atoms with Gasteiger partial charge < -0.3 is 10.1 Å². The third kappa shape index (κ3) is 6.63. The molecular formula is C23H39N5O2S2. The van der Waals surface area contributed by atoms with Crippen LogP contribution in [-0.4, -0.2) is 35.5 Å². The van der Waals surface area contributed by atoms with Crippen LogP contribution in [0.5, 0.6) is 0 Å². The second-order valence-electron chi connectivity index (χ2n) is 8.73. The molecule has 1 aliphatic heterocycles. The molecule has 32 heavy (non-hydrogen) atoms. The number of aryl methyl sites for hydroxylation is 1. The van der Waals surface area contributed by atoms with Crippen molar-refractivity contribution < 1.29 is 9.53 Å². The fraction of sp³-hybridized carbons (Fsp3) is 0.739. The Bertz CT molecular complexity index is 762. The third-order valence-corrected chi connectivity index (χ3v) is 7.63. The molecule has 2 aliphatic rings. The van der Waals surface area contributed by atoms with Gasteiger partial charge >= 0.3 is 5.97 Å². The molecule has 1 saturated heterocycles. The van der Waals surface area contributed by atoms with E-state index in [9.17, 15) is 4.79 Å². The van der Waals surface area contributed by atoms with Crippen LogP contribution in [0, 0.1) is 12.8 Å². The molecule has 2 fully saturated rings. The van der Waals surface area contributed by atoms with E-state index in [-0.39, 0.29) is 12.1 Å². The first-order valence-corrected chi connectivity index (χ1v) is 13.4. The van der Waals surface area contributed by atoms with Crippen molar-refractivity contribution in [3.63, 3.8) is 0 Å². The Balaban J connectivity index is 1.68. The van der Waals surface area contributed by atoms with Crippen LogP contribution in [0.4, 0.5) is 5.00 Å². The normalized spacial score (nSPS) is 20.5. The van der Waals surface area contributed by atoms with Crippen molar-refractivity contribution in [3.05, 3.63) is 16.0 Å². The highest BCUT2D eigenvalue weighted by molar-refractivity contribution is 7.80. The molecule has 1 unspecified atom stereocenters. The average Bonchev–Trinajstić information content (AvgIpc) is 3.30. The number of hydrogen-bond acceptors (Lipinski definition) is 7. The van der Waals surface area contributed by atoms with Gasteiger partial charge in [0, 0.05) is 4.88 Å². The van der Waals surface area contributed by atoms with Gasteiger partial charge in [0.15, 0.2) is 5.11 Å². The number of thiophene rings is 1. The van der Waals surface area contributed by atoms with Crippen molar-refractivity contribution in [2.75, 3.05) is 18.6 Å². The number of thiocarbonyl (C=S) groups is 1. The largest absolute Gasteiger partial charge is 0.462 e. The van der Waals surface area contributed by atoms with Gasteiger partial charge in [-0.1, -0.05) is 45.4 Å². The maximum atomic E-state index is 12.8. The lowest BCUT2D eigenvalue weighted by molar-refractivity contribution is 0.0526. The molecule has 3 rings (SSSR count). The molecular weight excluding hydrogens is 442 g/mol. The highest BCUT2D eigenvalue weighted by Gasteiger charge is 2.32. The number of carbonyl (C=O) groups is 1. The average molecular weight is 482 g/mol. The molecule has 1 aliphatic carbocycles. The van der Waals surface area contributed by atoms with E-state index in [1.54, 1.807) is 11.3 Å². The Labute approximate surface area is 202 Å². The number of nitrogens with one attached hydrogen (secondary N) is 4. The number of esters is 1. The summed E-state index contributed by atoms with van der Waals surface area (Å²) in [6, 6.07) is 0. The quantitative estimate of drug-likeness (QED) is 0.311. The maximum absolute atomic E-state index is 12.8. The van der Waals surface area contributed by atoms with Crippen LogP contribution < -0.4 is 21.6 Å². The molecule has 7 nitrogen and oxygen atoms in total. The number of unbranched alkanes of at least 4 members (excludes halogenated alkanes) is 1. The zero-order chi connectivity index (χ0) is 22.9. The summed E-state index contributed by atoms with van der Waals surface area (Å²) >= 11 is 7.24. The Morgan fingerprint density at radius 2 is 1.94 bits per heavy atom. The van der Waals surface area contributed by atoms with E-state index < -0.39 is 0 Å². The monoisotopic (exact) mass is 481 g/mol. The number of ether oxygens (including phenoxy) is 1. The molecule has 0 spiro atoms.